The predicted octanol–water partition coefficient (Wildman–Crippen LogP) is 4.91. The summed E-state index contributed by atoms with van der Waals surface area (Å²) >= 11 is 13.5. The first-order valence-electron chi connectivity index (χ1n) is 8.86. The van der Waals surface area contributed by atoms with Crippen molar-refractivity contribution in [1.29, 1.82) is 0 Å². The highest BCUT2D eigenvalue weighted by Gasteiger charge is 2.31. The second-order valence-corrected chi connectivity index (χ2v) is 10.3. The summed E-state index contributed by atoms with van der Waals surface area (Å²) in [4.78, 5) is 6.06. The molecule has 0 bridgehead atoms. The molecule has 2 heterocycles. The molecule has 2 aromatic carbocycles. The number of rotatable bonds is 4. The lowest BCUT2D eigenvalue weighted by atomic mass is 10.2. The van der Waals surface area contributed by atoms with Gasteiger partial charge in [-0.05, 0) is 30.3 Å². The molecule has 158 valence electrons. The largest absolute Gasteiger partial charge is 0.345 e. The van der Waals surface area contributed by atoms with Crippen LogP contribution in [0, 0.1) is 11.6 Å². The van der Waals surface area contributed by atoms with E-state index in [1.165, 1.54) is 15.6 Å². The van der Waals surface area contributed by atoms with Crippen LogP contribution >= 0.6 is 34.5 Å². The Kier molecular flexibility index (Phi) is 6.00. The molecule has 11 heteroatoms. The van der Waals surface area contributed by atoms with Gasteiger partial charge in [-0.3, -0.25) is 0 Å². The van der Waals surface area contributed by atoms with Crippen molar-refractivity contribution in [2.24, 2.45) is 0 Å². The number of nitrogens with zero attached hydrogens (tertiary/aromatic N) is 3. The van der Waals surface area contributed by atoms with Crippen molar-refractivity contribution in [3.63, 3.8) is 0 Å². The molecule has 0 aliphatic carbocycles. The van der Waals surface area contributed by atoms with Gasteiger partial charge < -0.3 is 4.90 Å². The molecule has 30 heavy (non-hydrogen) atoms. The Bertz CT molecular complexity index is 1180. The average molecular weight is 490 g/mol. The molecule has 1 aliphatic rings. The highest BCUT2D eigenvalue weighted by atomic mass is 35.5. The van der Waals surface area contributed by atoms with Gasteiger partial charge in [0, 0.05) is 53.2 Å². The van der Waals surface area contributed by atoms with Crippen LogP contribution in [0.5, 0.6) is 0 Å². The number of anilines is 1. The van der Waals surface area contributed by atoms with Crippen LogP contribution in [-0.2, 0) is 10.0 Å². The molecular formula is C19H15Cl2F2N3O2S2. The molecule has 3 aromatic rings. The number of piperazine rings is 1. The molecule has 0 amide bonds. The zero-order valence-corrected chi connectivity index (χ0v) is 18.5. The van der Waals surface area contributed by atoms with Crippen LogP contribution in [0.2, 0.25) is 10.0 Å². The maximum Gasteiger partial charge on any atom is 0.246 e. The molecule has 4 rings (SSSR count). The summed E-state index contributed by atoms with van der Waals surface area (Å²) in [6.07, 6.45) is 0. The highest BCUT2D eigenvalue weighted by Crippen LogP contribution is 2.32. The molecular weight excluding hydrogens is 475 g/mol. The SMILES string of the molecule is O=S(=O)(c1ccc(F)cc1F)N1CCN(c2nc(-c3cc(Cl)cc(Cl)c3)cs2)CC1. The second-order valence-electron chi connectivity index (χ2n) is 6.64. The first-order chi connectivity index (χ1) is 14.2. The Hall–Kier alpha value is -1.78. The first kappa shape index (κ1) is 21.5. The summed E-state index contributed by atoms with van der Waals surface area (Å²) in [5, 5.41) is 3.65. The van der Waals surface area contributed by atoms with Crippen molar-refractivity contribution >= 4 is 49.7 Å². The van der Waals surface area contributed by atoms with E-state index in [9.17, 15) is 17.2 Å². The fourth-order valence-corrected chi connectivity index (χ4v) is 6.07. The average Bonchev–Trinajstić information content (AvgIpc) is 3.17. The maximum atomic E-state index is 14.0. The van der Waals surface area contributed by atoms with Gasteiger partial charge in [0.25, 0.3) is 0 Å². The third kappa shape index (κ3) is 4.31. The minimum atomic E-state index is -4.04. The van der Waals surface area contributed by atoms with Crippen LogP contribution in [0.4, 0.5) is 13.9 Å². The molecule has 1 saturated heterocycles. The third-order valence-corrected chi connectivity index (χ3v) is 7.94. The van der Waals surface area contributed by atoms with E-state index in [0.29, 0.717) is 29.2 Å². The van der Waals surface area contributed by atoms with Crippen LogP contribution < -0.4 is 4.90 Å². The van der Waals surface area contributed by atoms with Crippen molar-refractivity contribution < 1.29 is 17.2 Å². The lowest BCUT2D eigenvalue weighted by Gasteiger charge is -2.33. The lowest BCUT2D eigenvalue weighted by Crippen LogP contribution is -2.48. The van der Waals surface area contributed by atoms with Gasteiger partial charge in [0.15, 0.2) is 5.13 Å². The van der Waals surface area contributed by atoms with Gasteiger partial charge >= 0.3 is 0 Å². The van der Waals surface area contributed by atoms with Crippen molar-refractivity contribution in [2.75, 3.05) is 31.1 Å². The van der Waals surface area contributed by atoms with E-state index in [0.717, 1.165) is 28.5 Å². The smallest absolute Gasteiger partial charge is 0.246 e. The second kappa shape index (κ2) is 8.39. The van der Waals surface area contributed by atoms with E-state index in [1.807, 2.05) is 10.3 Å². The van der Waals surface area contributed by atoms with E-state index in [-0.39, 0.29) is 13.1 Å². The summed E-state index contributed by atoms with van der Waals surface area (Å²) in [7, 11) is -4.04. The lowest BCUT2D eigenvalue weighted by molar-refractivity contribution is 0.382. The summed E-state index contributed by atoms with van der Waals surface area (Å²) < 4.78 is 53.7. The van der Waals surface area contributed by atoms with Gasteiger partial charge in [-0.15, -0.1) is 11.3 Å². The molecule has 1 aliphatic heterocycles. The standard InChI is InChI=1S/C19H15Cl2F2N3O2S2/c20-13-7-12(8-14(21)9-13)17-11-29-19(24-17)25-3-5-26(6-4-25)30(27,28)18-2-1-15(22)10-16(18)23/h1-2,7-11H,3-6H2. The normalized spacial score (nSPS) is 15.5. The molecule has 0 spiro atoms. The van der Waals surface area contributed by atoms with Crippen LogP contribution in [0.15, 0.2) is 46.7 Å². The molecule has 5 nitrogen and oxygen atoms in total. The first-order valence-corrected chi connectivity index (χ1v) is 11.9. The van der Waals surface area contributed by atoms with Crippen LogP contribution in [0.25, 0.3) is 11.3 Å². The topological polar surface area (TPSA) is 53.5 Å². The summed E-state index contributed by atoms with van der Waals surface area (Å²) in [6.45, 7) is 1.12. The van der Waals surface area contributed by atoms with Gasteiger partial charge in [0.2, 0.25) is 10.0 Å². The number of aromatic nitrogens is 1. The van der Waals surface area contributed by atoms with E-state index < -0.39 is 26.6 Å². The summed E-state index contributed by atoms with van der Waals surface area (Å²) in [5.41, 5.74) is 1.52. The maximum absolute atomic E-state index is 14.0. The van der Waals surface area contributed by atoms with E-state index in [2.05, 4.69) is 4.98 Å². The monoisotopic (exact) mass is 489 g/mol. The predicted molar refractivity (Wildman–Crippen MR) is 115 cm³/mol. The van der Waals surface area contributed by atoms with Crippen molar-refractivity contribution in [3.05, 3.63) is 63.5 Å². The van der Waals surface area contributed by atoms with E-state index in [1.54, 1.807) is 18.2 Å². The summed E-state index contributed by atoms with van der Waals surface area (Å²) in [6, 6.07) is 7.65. The van der Waals surface area contributed by atoms with Gasteiger partial charge in [0.1, 0.15) is 16.5 Å². The molecule has 0 N–H and O–H groups in total. The zero-order chi connectivity index (χ0) is 21.5. The van der Waals surface area contributed by atoms with Crippen LogP contribution in [0.1, 0.15) is 0 Å². The third-order valence-electron chi connectivity index (χ3n) is 4.67. The molecule has 1 aromatic heterocycles. The van der Waals surface area contributed by atoms with Gasteiger partial charge in [-0.25, -0.2) is 22.2 Å². The molecule has 0 radical (unpaired) electrons. The Morgan fingerprint density at radius 3 is 2.27 bits per heavy atom. The van der Waals surface area contributed by atoms with Gasteiger partial charge in [0.05, 0.1) is 5.69 Å². The highest BCUT2D eigenvalue weighted by molar-refractivity contribution is 7.89. The number of benzene rings is 2. The van der Waals surface area contributed by atoms with E-state index >= 15 is 0 Å². The minimum absolute atomic E-state index is 0.164. The number of sulfonamides is 1. The number of hydrogen-bond acceptors (Lipinski definition) is 5. The quantitative estimate of drug-likeness (QED) is 0.522. The fourth-order valence-electron chi connectivity index (χ4n) is 3.19. The van der Waals surface area contributed by atoms with E-state index in [4.69, 9.17) is 23.2 Å². The Balaban J connectivity index is 1.48. The van der Waals surface area contributed by atoms with Gasteiger partial charge in [-0.1, -0.05) is 23.2 Å². The Morgan fingerprint density at radius 2 is 1.63 bits per heavy atom. The molecule has 0 atom stereocenters. The molecule has 1 fully saturated rings. The van der Waals surface area contributed by atoms with Crippen molar-refractivity contribution in [1.82, 2.24) is 9.29 Å². The summed E-state index contributed by atoms with van der Waals surface area (Å²) in [5.74, 6) is -1.92. The number of hydrogen-bond donors (Lipinski definition) is 0. The Labute approximate surface area is 186 Å². The number of halogens is 4. The molecule has 0 unspecified atom stereocenters. The van der Waals surface area contributed by atoms with Crippen LogP contribution in [-0.4, -0.2) is 43.9 Å². The van der Waals surface area contributed by atoms with Crippen molar-refractivity contribution in [3.8, 4) is 11.3 Å². The van der Waals surface area contributed by atoms with Crippen LogP contribution in [0.3, 0.4) is 0 Å². The van der Waals surface area contributed by atoms with Gasteiger partial charge in [-0.2, -0.15) is 4.31 Å². The fraction of sp³-hybridized carbons (Fsp3) is 0.211. The zero-order valence-electron chi connectivity index (χ0n) is 15.4. The number of thiazole rings is 1. The minimum Gasteiger partial charge on any atom is -0.345 e. The Morgan fingerprint density at radius 1 is 0.967 bits per heavy atom. The van der Waals surface area contributed by atoms with Crippen molar-refractivity contribution in [2.45, 2.75) is 4.90 Å². The molecule has 0 saturated carbocycles.